The van der Waals surface area contributed by atoms with E-state index in [0.29, 0.717) is 12.6 Å². The number of esters is 1. The molecule has 0 aromatic rings. The highest BCUT2D eigenvalue weighted by Crippen LogP contribution is 2.11. The molecule has 0 bridgehead atoms. The van der Waals surface area contributed by atoms with Gasteiger partial charge in [-0.05, 0) is 39.8 Å². The molecule has 1 heterocycles. The number of ether oxygens (including phenoxy) is 1. The van der Waals surface area contributed by atoms with E-state index < -0.39 is 0 Å². The number of carbonyl (C=O) groups is 1. The first-order valence-electron chi connectivity index (χ1n) is 6.79. The Morgan fingerprint density at radius 3 is 2.76 bits per heavy atom. The van der Waals surface area contributed by atoms with Gasteiger partial charge in [0, 0.05) is 12.6 Å². The molecule has 100 valence electrons. The number of rotatable bonds is 6. The number of carbonyl (C=O) groups excluding carboxylic acids is 1. The molecule has 1 rings (SSSR count). The zero-order valence-electron chi connectivity index (χ0n) is 11.4. The van der Waals surface area contributed by atoms with E-state index in [1.54, 1.807) is 0 Å². The maximum Gasteiger partial charge on any atom is 0.323 e. The molecule has 0 spiro atoms. The van der Waals surface area contributed by atoms with E-state index in [4.69, 9.17) is 4.74 Å². The molecular weight excluding hydrogens is 216 g/mol. The van der Waals surface area contributed by atoms with Crippen molar-refractivity contribution in [3.05, 3.63) is 0 Å². The van der Waals surface area contributed by atoms with Crippen LogP contribution in [0.3, 0.4) is 0 Å². The minimum absolute atomic E-state index is 0.0895. The summed E-state index contributed by atoms with van der Waals surface area (Å²) < 4.78 is 5.10. The number of hydrogen-bond donors (Lipinski definition) is 1. The molecule has 4 heteroatoms. The zero-order chi connectivity index (χ0) is 12.7. The van der Waals surface area contributed by atoms with Crippen LogP contribution in [0.15, 0.2) is 0 Å². The van der Waals surface area contributed by atoms with Crippen molar-refractivity contribution in [1.29, 1.82) is 0 Å². The smallest absolute Gasteiger partial charge is 0.323 e. The molecule has 0 aromatic heterocycles. The number of nitrogens with zero attached hydrogens (tertiary/aromatic N) is 1. The highest BCUT2D eigenvalue weighted by atomic mass is 16.5. The zero-order valence-corrected chi connectivity index (χ0v) is 11.4. The highest BCUT2D eigenvalue weighted by molar-refractivity contribution is 5.75. The fourth-order valence-electron chi connectivity index (χ4n) is 2.45. The summed E-state index contributed by atoms with van der Waals surface area (Å²) in [6.45, 7) is 6.39. The van der Waals surface area contributed by atoms with Crippen LogP contribution < -0.4 is 5.32 Å². The first-order valence-corrected chi connectivity index (χ1v) is 6.79. The number of piperidine rings is 1. The maximum atomic E-state index is 11.8. The molecule has 0 aliphatic carbocycles. The molecule has 17 heavy (non-hydrogen) atoms. The largest absolute Gasteiger partial charge is 0.465 e. The highest BCUT2D eigenvalue weighted by Gasteiger charge is 2.25. The average molecular weight is 242 g/mol. The van der Waals surface area contributed by atoms with Crippen molar-refractivity contribution >= 4 is 5.97 Å². The molecule has 1 N–H and O–H groups in total. The fraction of sp³-hybridized carbons (Fsp3) is 0.923. The van der Waals surface area contributed by atoms with E-state index in [1.165, 1.54) is 19.3 Å². The van der Waals surface area contributed by atoms with Gasteiger partial charge in [-0.15, -0.1) is 0 Å². The van der Waals surface area contributed by atoms with E-state index in [9.17, 15) is 4.79 Å². The third-order valence-electron chi connectivity index (χ3n) is 3.40. The third kappa shape index (κ3) is 4.64. The maximum absolute atomic E-state index is 11.8. The summed E-state index contributed by atoms with van der Waals surface area (Å²) in [5.74, 6) is -0.0895. The lowest BCUT2D eigenvalue weighted by Gasteiger charge is -2.31. The molecule has 1 aliphatic rings. The predicted molar refractivity (Wildman–Crippen MR) is 69.0 cm³/mol. The minimum atomic E-state index is -0.0984. The molecule has 2 atom stereocenters. The molecule has 0 saturated carbocycles. The number of hydrogen-bond acceptors (Lipinski definition) is 4. The summed E-state index contributed by atoms with van der Waals surface area (Å²) in [5.41, 5.74) is 0. The van der Waals surface area contributed by atoms with Gasteiger partial charge in [0.25, 0.3) is 0 Å². The summed E-state index contributed by atoms with van der Waals surface area (Å²) in [5, 5.41) is 3.51. The van der Waals surface area contributed by atoms with Crippen molar-refractivity contribution in [2.75, 3.05) is 26.7 Å². The van der Waals surface area contributed by atoms with Gasteiger partial charge in [0.05, 0.1) is 6.61 Å². The molecule has 0 amide bonds. The normalized spacial score (nSPS) is 22.5. The van der Waals surface area contributed by atoms with E-state index in [0.717, 1.165) is 19.5 Å². The molecule has 4 nitrogen and oxygen atoms in total. The van der Waals surface area contributed by atoms with Gasteiger partial charge < -0.3 is 10.1 Å². The average Bonchev–Trinajstić information content (AvgIpc) is 2.31. The molecule has 0 aromatic carbocycles. The minimum Gasteiger partial charge on any atom is -0.465 e. The van der Waals surface area contributed by atoms with E-state index >= 15 is 0 Å². The lowest BCUT2D eigenvalue weighted by molar-refractivity contribution is -0.149. The Bertz CT molecular complexity index is 227. The van der Waals surface area contributed by atoms with Crippen LogP contribution in [0.25, 0.3) is 0 Å². The van der Waals surface area contributed by atoms with Crippen molar-refractivity contribution in [3.63, 3.8) is 0 Å². The van der Waals surface area contributed by atoms with Crippen LogP contribution in [0.1, 0.15) is 39.5 Å². The van der Waals surface area contributed by atoms with Crippen LogP contribution >= 0.6 is 0 Å². The Kier molecular flexibility index (Phi) is 6.52. The molecule has 1 fully saturated rings. The predicted octanol–water partition coefficient (Wildman–Crippen LogP) is 1.40. The molecule has 2 unspecified atom stereocenters. The first kappa shape index (κ1) is 14.5. The van der Waals surface area contributed by atoms with Crippen LogP contribution in [0, 0.1) is 0 Å². The molecule has 0 radical (unpaired) electrons. The van der Waals surface area contributed by atoms with Gasteiger partial charge in [0.2, 0.25) is 0 Å². The third-order valence-corrected chi connectivity index (χ3v) is 3.40. The lowest BCUT2D eigenvalue weighted by atomic mass is 10.0. The standard InChI is InChI=1S/C13H26N2O2/c1-4-12(13(16)17-5-2)15(3)10-11-8-6-7-9-14-11/h11-12,14H,4-10H2,1-3H3. The van der Waals surface area contributed by atoms with Crippen molar-refractivity contribution in [2.45, 2.75) is 51.6 Å². The van der Waals surface area contributed by atoms with Gasteiger partial charge >= 0.3 is 5.97 Å². The van der Waals surface area contributed by atoms with Gasteiger partial charge in [-0.3, -0.25) is 9.69 Å². The summed E-state index contributed by atoms with van der Waals surface area (Å²) >= 11 is 0. The molecular formula is C13H26N2O2. The fourth-order valence-corrected chi connectivity index (χ4v) is 2.45. The van der Waals surface area contributed by atoms with Gasteiger partial charge in [-0.2, -0.15) is 0 Å². The molecule has 1 saturated heterocycles. The summed E-state index contributed by atoms with van der Waals surface area (Å²) in [6.07, 6.45) is 4.59. The van der Waals surface area contributed by atoms with Crippen molar-refractivity contribution < 1.29 is 9.53 Å². The topological polar surface area (TPSA) is 41.6 Å². The second kappa shape index (κ2) is 7.67. The van der Waals surface area contributed by atoms with Crippen LogP contribution in [0.2, 0.25) is 0 Å². The quantitative estimate of drug-likeness (QED) is 0.715. The Hall–Kier alpha value is -0.610. The summed E-state index contributed by atoms with van der Waals surface area (Å²) in [4.78, 5) is 13.9. The van der Waals surface area contributed by atoms with Gasteiger partial charge in [0.1, 0.15) is 6.04 Å². The van der Waals surface area contributed by atoms with Gasteiger partial charge in [-0.25, -0.2) is 0 Å². The van der Waals surface area contributed by atoms with Crippen LogP contribution in [0.5, 0.6) is 0 Å². The Labute approximate surface area is 105 Å². The second-order valence-corrected chi connectivity index (χ2v) is 4.76. The number of nitrogens with one attached hydrogen (secondary N) is 1. The molecule has 1 aliphatic heterocycles. The Morgan fingerprint density at radius 1 is 1.47 bits per heavy atom. The van der Waals surface area contributed by atoms with Crippen LogP contribution in [-0.4, -0.2) is 49.7 Å². The van der Waals surface area contributed by atoms with E-state index in [2.05, 4.69) is 10.2 Å². The Balaban J connectivity index is 2.41. The SMILES string of the molecule is CCOC(=O)C(CC)N(C)CC1CCCCN1. The van der Waals surface area contributed by atoms with Crippen molar-refractivity contribution in [1.82, 2.24) is 10.2 Å². The van der Waals surface area contributed by atoms with Crippen LogP contribution in [-0.2, 0) is 9.53 Å². The monoisotopic (exact) mass is 242 g/mol. The lowest BCUT2D eigenvalue weighted by Crippen LogP contribution is -2.48. The van der Waals surface area contributed by atoms with Crippen LogP contribution in [0.4, 0.5) is 0 Å². The first-order chi connectivity index (χ1) is 8.19. The second-order valence-electron chi connectivity index (χ2n) is 4.76. The Morgan fingerprint density at radius 2 is 2.24 bits per heavy atom. The van der Waals surface area contributed by atoms with Gasteiger partial charge in [-0.1, -0.05) is 13.3 Å². The van der Waals surface area contributed by atoms with E-state index in [-0.39, 0.29) is 12.0 Å². The number of likely N-dealkylation sites (N-methyl/N-ethyl adjacent to an activating group) is 1. The summed E-state index contributed by atoms with van der Waals surface area (Å²) in [7, 11) is 2.02. The van der Waals surface area contributed by atoms with Gasteiger partial charge in [0.15, 0.2) is 0 Å². The van der Waals surface area contributed by atoms with Crippen molar-refractivity contribution in [2.24, 2.45) is 0 Å². The summed E-state index contributed by atoms with van der Waals surface area (Å²) in [6, 6.07) is 0.427. The van der Waals surface area contributed by atoms with E-state index in [1.807, 2.05) is 20.9 Å². The van der Waals surface area contributed by atoms with Crippen molar-refractivity contribution in [3.8, 4) is 0 Å².